The normalized spacial score (nSPS) is 11.7. The van der Waals surface area contributed by atoms with Crippen LogP contribution in [0.4, 0.5) is 0 Å². The van der Waals surface area contributed by atoms with Gasteiger partial charge in [-0.1, -0.05) is 6.92 Å². The van der Waals surface area contributed by atoms with Crippen molar-refractivity contribution >= 4 is 23.2 Å². The summed E-state index contributed by atoms with van der Waals surface area (Å²) in [7, 11) is 0. The Morgan fingerprint density at radius 1 is 1.35 bits per heavy atom. The molecule has 2 aromatic rings. The molecule has 0 fully saturated rings. The number of hydrogen-bond acceptors (Lipinski definition) is 5. The largest absolute Gasteiger partial charge is 0.494 e. The average molecular weight is 334 g/mol. The molecule has 1 heterocycles. The first-order valence-electron chi connectivity index (χ1n) is 7.23. The minimum absolute atomic E-state index is 0.212. The van der Waals surface area contributed by atoms with Crippen LogP contribution in [0.25, 0.3) is 10.6 Å². The quantitative estimate of drug-likeness (QED) is 0.813. The third kappa shape index (κ3) is 4.53. The molecule has 1 atom stereocenters. The van der Waals surface area contributed by atoms with E-state index in [0.717, 1.165) is 17.7 Å². The Balaban J connectivity index is 2.06. The Morgan fingerprint density at radius 3 is 2.65 bits per heavy atom. The van der Waals surface area contributed by atoms with E-state index in [2.05, 4.69) is 10.3 Å². The van der Waals surface area contributed by atoms with Crippen molar-refractivity contribution < 1.29 is 19.4 Å². The second-order valence-electron chi connectivity index (χ2n) is 4.94. The molecule has 0 bridgehead atoms. The number of carboxylic acids is 1. The number of thiazole rings is 1. The zero-order chi connectivity index (χ0) is 16.8. The zero-order valence-electron chi connectivity index (χ0n) is 12.9. The number of aliphatic carboxylic acids is 1. The molecule has 0 saturated carbocycles. The van der Waals surface area contributed by atoms with Crippen LogP contribution >= 0.6 is 11.3 Å². The van der Waals surface area contributed by atoms with Gasteiger partial charge >= 0.3 is 5.97 Å². The number of carboxylic acid groups (broad SMARTS) is 1. The predicted octanol–water partition coefficient (Wildman–Crippen LogP) is 2.80. The molecule has 6 nitrogen and oxygen atoms in total. The second kappa shape index (κ2) is 7.73. The molecule has 7 heteroatoms. The monoisotopic (exact) mass is 334 g/mol. The molecule has 0 spiro atoms. The lowest BCUT2D eigenvalue weighted by molar-refractivity contribution is -0.138. The second-order valence-corrected chi connectivity index (χ2v) is 5.80. The molecule has 0 saturated heterocycles. The Morgan fingerprint density at radius 2 is 2.04 bits per heavy atom. The smallest absolute Gasteiger partial charge is 0.325 e. The fourth-order valence-corrected chi connectivity index (χ4v) is 2.56. The Kier molecular flexibility index (Phi) is 5.70. The van der Waals surface area contributed by atoms with Crippen LogP contribution in [0.2, 0.25) is 0 Å². The molecule has 1 aromatic carbocycles. The number of benzene rings is 1. The first kappa shape index (κ1) is 17.0. The molecular weight excluding hydrogens is 316 g/mol. The van der Waals surface area contributed by atoms with Crippen LogP contribution in [-0.4, -0.2) is 34.6 Å². The summed E-state index contributed by atoms with van der Waals surface area (Å²) in [6, 6.07) is 6.52. The third-order valence-electron chi connectivity index (χ3n) is 3.03. The van der Waals surface area contributed by atoms with Gasteiger partial charge < -0.3 is 15.2 Å². The van der Waals surface area contributed by atoms with Crippen molar-refractivity contribution in [3.63, 3.8) is 0 Å². The van der Waals surface area contributed by atoms with Gasteiger partial charge in [-0.25, -0.2) is 4.98 Å². The Labute approximate surface area is 138 Å². The molecule has 0 aliphatic rings. The summed E-state index contributed by atoms with van der Waals surface area (Å²) in [5, 5.41) is 13.5. The van der Waals surface area contributed by atoms with E-state index in [-0.39, 0.29) is 5.69 Å². The number of nitrogens with zero attached hydrogens (tertiary/aromatic N) is 1. The summed E-state index contributed by atoms with van der Waals surface area (Å²) in [5.74, 6) is -0.790. The van der Waals surface area contributed by atoms with Gasteiger partial charge in [-0.2, -0.15) is 0 Å². The molecule has 23 heavy (non-hydrogen) atoms. The van der Waals surface area contributed by atoms with E-state index in [0.29, 0.717) is 11.6 Å². The summed E-state index contributed by atoms with van der Waals surface area (Å²) in [6.07, 6.45) is 0.946. The van der Waals surface area contributed by atoms with Gasteiger partial charge in [0, 0.05) is 10.9 Å². The van der Waals surface area contributed by atoms with Crippen LogP contribution in [0, 0.1) is 0 Å². The minimum Gasteiger partial charge on any atom is -0.494 e. The molecular formula is C16H18N2O4S. The van der Waals surface area contributed by atoms with E-state index < -0.39 is 17.9 Å². The summed E-state index contributed by atoms with van der Waals surface area (Å²) in [4.78, 5) is 26.9. The predicted molar refractivity (Wildman–Crippen MR) is 87.9 cm³/mol. The van der Waals surface area contributed by atoms with Gasteiger partial charge in [0.05, 0.1) is 6.61 Å². The van der Waals surface area contributed by atoms with Crippen LogP contribution in [0.5, 0.6) is 5.75 Å². The fourth-order valence-electron chi connectivity index (χ4n) is 1.76. The van der Waals surface area contributed by atoms with E-state index in [1.807, 2.05) is 31.2 Å². The summed E-state index contributed by atoms with van der Waals surface area (Å²) in [6.45, 7) is 4.12. The van der Waals surface area contributed by atoms with Crippen LogP contribution in [0.15, 0.2) is 29.6 Å². The highest BCUT2D eigenvalue weighted by Crippen LogP contribution is 2.25. The molecule has 2 rings (SSSR count). The van der Waals surface area contributed by atoms with E-state index in [1.165, 1.54) is 18.3 Å². The number of carbonyl (C=O) groups excluding carboxylic acids is 1. The summed E-state index contributed by atoms with van der Waals surface area (Å²) < 4.78 is 5.52. The third-order valence-corrected chi connectivity index (χ3v) is 3.92. The maximum atomic E-state index is 11.9. The SMILES string of the molecule is CCCOc1ccc(-c2nc(C(=O)N[C@@H](C)C(=O)O)cs2)cc1. The van der Waals surface area contributed by atoms with Crippen LogP contribution in [0.1, 0.15) is 30.8 Å². The van der Waals surface area contributed by atoms with Gasteiger partial charge in [0.2, 0.25) is 0 Å². The lowest BCUT2D eigenvalue weighted by Crippen LogP contribution is -2.38. The molecule has 2 N–H and O–H groups in total. The van der Waals surface area contributed by atoms with Crippen molar-refractivity contribution in [1.82, 2.24) is 10.3 Å². The van der Waals surface area contributed by atoms with Gasteiger partial charge in [-0.3, -0.25) is 9.59 Å². The lowest BCUT2D eigenvalue weighted by atomic mass is 10.2. The van der Waals surface area contributed by atoms with Gasteiger partial charge in [-0.05, 0) is 37.6 Å². The highest BCUT2D eigenvalue weighted by Gasteiger charge is 2.17. The van der Waals surface area contributed by atoms with Gasteiger partial charge in [0.1, 0.15) is 22.5 Å². The van der Waals surface area contributed by atoms with Gasteiger partial charge in [-0.15, -0.1) is 11.3 Å². The molecule has 1 amide bonds. The van der Waals surface area contributed by atoms with Crippen molar-refractivity contribution in [2.45, 2.75) is 26.3 Å². The molecule has 0 radical (unpaired) electrons. The number of carbonyl (C=O) groups is 2. The number of ether oxygens (including phenoxy) is 1. The maximum Gasteiger partial charge on any atom is 0.325 e. The van der Waals surface area contributed by atoms with Crippen molar-refractivity contribution in [3.05, 3.63) is 35.3 Å². The number of rotatable bonds is 7. The van der Waals surface area contributed by atoms with Crippen LogP contribution in [-0.2, 0) is 4.79 Å². The van der Waals surface area contributed by atoms with Crippen LogP contribution in [0.3, 0.4) is 0 Å². The number of hydrogen-bond donors (Lipinski definition) is 2. The zero-order valence-corrected chi connectivity index (χ0v) is 13.7. The lowest BCUT2D eigenvalue weighted by Gasteiger charge is -2.07. The topological polar surface area (TPSA) is 88.5 Å². The van der Waals surface area contributed by atoms with Gasteiger partial charge in [0.25, 0.3) is 5.91 Å². The molecule has 0 unspecified atom stereocenters. The van der Waals surface area contributed by atoms with Crippen molar-refractivity contribution in [2.75, 3.05) is 6.61 Å². The molecule has 0 aliphatic heterocycles. The van der Waals surface area contributed by atoms with Crippen LogP contribution < -0.4 is 10.1 Å². The van der Waals surface area contributed by atoms with Crippen molar-refractivity contribution in [2.24, 2.45) is 0 Å². The van der Waals surface area contributed by atoms with E-state index in [9.17, 15) is 9.59 Å². The summed E-state index contributed by atoms with van der Waals surface area (Å²) >= 11 is 1.33. The fraction of sp³-hybridized carbons (Fsp3) is 0.312. The molecule has 122 valence electrons. The molecule has 0 aliphatic carbocycles. The summed E-state index contributed by atoms with van der Waals surface area (Å²) in [5.41, 5.74) is 1.09. The highest BCUT2D eigenvalue weighted by molar-refractivity contribution is 7.13. The highest BCUT2D eigenvalue weighted by atomic mass is 32.1. The maximum absolute atomic E-state index is 11.9. The Bertz CT molecular complexity index is 682. The minimum atomic E-state index is -1.09. The number of nitrogens with one attached hydrogen (secondary N) is 1. The van der Waals surface area contributed by atoms with Gasteiger partial charge in [0.15, 0.2) is 0 Å². The van der Waals surface area contributed by atoms with Crippen molar-refractivity contribution in [1.29, 1.82) is 0 Å². The molecule has 1 aromatic heterocycles. The van der Waals surface area contributed by atoms with E-state index >= 15 is 0 Å². The first-order chi connectivity index (χ1) is 11.0. The van der Waals surface area contributed by atoms with E-state index in [4.69, 9.17) is 9.84 Å². The number of amides is 1. The van der Waals surface area contributed by atoms with Crippen molar-refractivity contribution in [3.8, 4) is 16.3 Å². The first-order valence-corrected chi connectivity index (χ1v) is 8.11. The Hall–Kier alpha value is -2.41. The average Bonchev–Trinajstić information content (AvgIpc) is 3.03. The number of aromatic nitrogens is 1. The van der Waals surface area contributed by atoms with E-state index in [1.54, 1.807) is 5.38 Å². The standard InChI is InChI=1S/C16H18N2O4S/c1-3-8-22-12-6-4-11(5-7-12)15-18-13(9-23-15)14(19)17-10(2)16(20)21/h4-7,9-10H,3,8H2,1-2H3,(H,17,19)(H,20,21)/t10-/m0/s1.